The predicted molar refractivity (Wildman–Crippen MR) is 57.3 cm³/mol. The number of anilines is 1. The van der Waals surface area contributed by atoms with Crippen LogP contribution >= 0.6 is 0 Å². The zero-order chi connectivity index (χ0) is 11.1. The quantitative estimate of drug-likeness (QED) is 0.251. The van der Waals surface area contributed by atoms with E-state index in [9.17, 15) is 0 Å². The molecule has 5 nitrogen and oxygen atoms in total. The minimum Gasteiger partial charge on any atom is -0.396 e. The topological polar surface area (TPSA) is 91.9 Å². The number of nitrogens with one attached hydrogen (secondary N) is 3. The van der Waals surface area contributed by atoms with Gasteiger partial charge in [-0.15, -0.1) is 0 Å². The Morgan fingerprint density at radius 2 is 2.07 bits per heavy atom. The maximum atomic E-state index is 8.71. The molecule has 0 aliphatic carbocycles. The predicted octanol–water partition coefficient (Wildman–Crippen LogP) is 0.639. The first-order valence-electron chi connectivity index (χ1n) is 4.46. The summed E-state index contributed by atoms with van der Waals surface area (Å²) in [4.78, 5) is 0. The molecule has 78 valence electrons. The average Bonchev–Trinajstić information content (AvgIpc) is 2.22. The number of guanidine groups is 1. The first-order chi connectivity index (χ1) is 7.26. The van der Waals surface area contributed by atoms with Crippen LogP contribution in [0.25, 0.3) is 0 Å². The normalized spacial score (nSPS) is 9.07. The third kappa shape index (κ3) is 3.67. The fourth-order valence-corrected chi connectivity index (χ4v) is 1.12. The van der Waals surface area contributed by atoms with E-state index < -0.39 is 0 Å². The van der Waals surface area contributed by atoms with E-state index in [1.54, 1.807) is 18.3 Å². The van der Waals surface area contributed by atoms with E-state index in [4.69, 9.17) is 15.8 Å². The number of nitriles is 1. The summed E-state index contributed by atoms with van der Waals surface area (Å²) in [6.07, 6.45) is 2.27. The lowest BCUT2D eigenvalue weighted by Gasteiger charge is -2.06. The van der Waals surface area contributed by atoms with E-state index in [1.807, 2.05) is 12.1 Å². The monoisotopic (exact) mass is 204 g/mol. The number of nitrogens with zero attached hydrogens (tertiary/aromatic N) is 1. The molecule has 1 rings (SSSR count). The van der Waals surface area contributed by atoms with Crippen molar-refractivity contribution < 1.29 is 5.11 Å². The van der Waals surface area contributed by atoms with Gasteiger partial charge >= 0.3 is 0 Å². The zero-order valence-corrected chi connectivity index (χ0v) is 8.12. The fraction of sp³-hybridized carbons (Fsp3) is 0.200. The molecule has 5 heteroatoms. The highest BCUT2D eigenvalue weighted by atomic mass is 16.2. The zero-order valence-electron chi connectivity index (χ0n) is 8.12. The molecule has 0 bridgehead atoms. The number of aliphatic hydroxyl groups is 1. The van der Waals surface area contributed by atoms with Crippen LogP contribution in [-0.4, -0.2) is 17.7 Å². The summed E-state index contributed by atoms with van der Waals surface area (Å²) in [5, 5.41) is 29.1. The summed E-state index contributed by atoms with van der Waals surface area (Å²) in [6.45, 7) is 0.124. The van der Waals surface area contributed by atoms with Crippen LogP contribution in [0.3, 0.4) is 0 Å². The van der Waals surface area contributed by atoms with Gasteiger partial charge in [0, 0.05) is 12.3 Å². The SMILES string of the molecule is N#CNC(=N)Nc1ccc(CCO)cc1. The number of hydrogen-bond donors (Lipinski definition) is 4. The van der Waals surface area contributed by atoms with Crippen LogP contribution < -0.4 is 10.6 Å². The van der Waals surface area contributed by atoms with Gasteiger partial charge < -0.3 is 10.4 Å². The lowest BCUT2D eigenvalue weighted by atomic mass is 10.1. The molecule has 1 aromatic carbocycles. The Morgan fingerprint density at radius 3 is 2.60 bits per heavy atom. The summed E-state index contributed by atoms with van der Waals surface area (Å²) in [6, 6.07) is 7.30. The molecule has 0 atom stereocenters. The van der Waals surface area contributed by atoms with Crippen molar-refractivity contribution in [1.29, 1.82) is 10.7 Å². The molecule has 1 aromatic rings. The van der Waals surface area contributed by atoms with Crippen molar-refractivity contribution in [2.75, 3.05) is 11.9 Å². The van der Waals surface area contributed by atoms with Crippen molar-refractivity contribution in [2.45, 2.75) is 6.42 Å². The first-order valence-corrected chi connectivity index (χ1v) is 4.46. The molecule has 0 saturated carbocycles. The summed E-state index contributed by atoms with van der Waals surface area (Å²) >= 11 is 0. The van der Waals surface area contributed by atoms with Crippen molar-refractivity contribution >= 4 is 11.6 Å². The van der Waals surface area contributed by atoms with E-state index >= 15 is 0 Å². The molecule has 0 fully saturated rings. The second-order valence-corrected chi connectivity index (χ2v) is 2.91. The van der Waals surface area contributed by atoms with Crippen LogP contribution in [0.4, 0.5) is 5.69 Å². The minimum absolute atomic E-state index is 0.0626. The van der Waals surface area contributed by atoms with Gasteiger partial charge in [-0.25, -0.2) is 0 Å². The van der Waals surface area contributed by atoms with Crippen LogP contribution in [0.2, 0.25) is 0 Å². The summed E-state index contributed by atoms with van der Waals surface area (Å²) < 4.78 is 0. The van der Waals surface area contributed by atoms with Gasteiger partial charge in [-0.1, -0.05) is 12.1 Å². The Labute approximate surface area is 87.9 Å². The maximum Gasteiger partial charge on any atom is 0.206 e. The molecule has 0 spiro atoms. The average molecular weight is 204 g/mol. The highest BCUT2D eigenvalue weighted by Gasteiger charge is 1.96. The largest absolute Gasteiger partial charge is 0.396 e. The summed E-state index contributed by atoms with van der Waals surface area (Å²) in [5.41, 5.74) is 1.76. The van der Waals surface area contributed by atoms with Gasteiger partial charge in [-0.05, 0) is 24.1 Å². The molecule has 15 heavy (non-hydrogen) atoms. The number of benzene rings is 1. The molecule has 0 radical (unpaired) electrons. The Kier molecular flexibility index (Phi) is 4.13. The van der Waals surface area contributed by atoms with E-state index in [1.165, 1.54) is 0 Å². The summed E-state index contributed by atoms with van der Waals surface area (Å²) in [5.74, 6) is -0.0626. The van der Waals surface area contributed by atoms with Crippen LogP contribution in [0.15, 0.2) is 24.3 Å². The molecule has 0 heterocycles. The van der Waals surface area contributed by atoms with E-state index in [-0.39, 0.29) is 12.6 Å². The van der Waals surface area contributed by atoms with Gasteiger partial charge in [0.2, 0.25) is 5.96 Å². The lowest BCUT2D eigenvalue weighted by molar-refractivity contribution is 0.299. The van der Waals surface area contributed by atoms with Gasteiger partial charge in [0.25, 0.3) is 0 Å². The van der Waals surface area contributed by atoms with Gasteiger partial charge in [0.15, 0.2) is 6.19 Å². The summed E-state index contributed by atoms with van der Waals surface area (Å²) in [7, 11) is 0. The Balaban J connectivity index is 2.57. The van der Waals surface area contributed by atoms with E-state index in [0.29, 0.717) is 6.42 Å². The van der Waals surface area contributed by atoms with Gasteiger partial charge in [-0.2, -0.15) is 5.26 Å². The lowest BCUT2D eigenvalue weighted by Crippen LogP contribution is -2.24. The van der Waals surface area contributed by atoms with Crippen molar-refractivity contribution in [1.82, 2.24) is 5.32 Å². The van der Waals surface area contributed by atoms with Crippen molar-refractivity contribution in [2.24, 2.45) is 0 Å². The maximum absolute atomic E-state index is 8.71. The van der Waals surface area contributed by atoms with Crippen molar-refractivity contribution in [3.8, 4) is 6.19 Å². The second-order valence-electron chi connectivity index (χ2n) is 2.91. The first kappa shape index (κ1) is 11.0. The van der Waals surface area contributed by atoms with Gasteiger partial charge in [0.05, 0.1) is 0 Å². The molecule has 0 unspecified atom stereocenters. The molecular weight excluding hydrogens is 192 g/mol. The third-order valence-corrected chi connectivity index (χ3v) is 1.80. The number of hydrogen-bond acceptors (Lipinski definition) is 3. The molecule has 0 aliphatic rings. The van der Waals surface area contributed by atoms with Gasteiger partial charge in [-0.3, -0.25) is 10.7 Å². The number of rotatable bonds is 3. The van der Waals surface area contributed by atoms with Crippen LogP contribution in [0.1, 0.15) is 5.56 Å². The van der Waals surface area contributed by atoms with Crippen molar-refractivity contribution in [3.63, 3.8) is 0 Å². The van der Waals surface area contributed by atoms with Gasteiger partial charge in [0.1, 0.15) is 0 Å². The minimum atomic E-state index is -0.0626. The third-order valence-electron chi connectivity index (χ3n) is 1.80. The van der Waals surface area contributed by atoms with E-state index in [0.717, 1.165) is 11.3 Å². The number of aliphatic hydroxyl groups excluding tert-OH is 1. The molecule has 0 aromatic heterocycles. The van der Waals surface area contributed by atoms with Crippen molar-refractivity contribution in [3.05, 3.63) is 29.8 Å². The fourth-order valence-electron chi connectivity index (χ4n) is 1.12. The smallest absolute Gasteiger partial charge is 0.206 e. The molecule has 0 saturated heterocycles. The van der Waals surface area contributed by atoms with Crippen LogP contribution in [-0.2, 0) is 6.42 Å². The Hall–Kier alpha value is -2.06. The molecule has 0 aliphatic heterocycles. The molecule has 0 amide bonds. The van der Waals surface area contributed by atoms with Crippen LogP contribution in [0.5, 0.6) is 0 Å². The Morgan fingerprint density at radius 1 is 1.40 bits per heavy atom. The second kappa shape index (κ2) is 5.62. The molecular formula is C10H12N4O. The Bertz CT molecular complexity index is 366. The highest BCUT2D eigenvalue weighted by Crippen LogP contribution is 2.09. The standard InChI is InChI=1S/C10H12N4O/c11-7-13-10(12)14-9-3-1-8(2-4-9)5-6-15/h1-4,15H,5-6H2,(H3,12,13,14). The highest BCUT2D eigenvalue weighted by molar-refractivity contribution is 5.92. The van der Waals surface area contributed by atoms with E-state index in [2.05, 4.69) is 10.6 Å². The van der Waals surface area contributed by atoms with Crippen LogP contribution in [0, 0.1) is 16.9 Å². The molecule has 4 N–H and O–H groups in total.